The van der Waals surface area contributed by atoms with Gasteiger partial charge in [0.15, 0.2) is 0 Å². The molecular formula is C24H32Cl2N4O. The van der Waals surface area contributed by atoms with Gasteiger partial charge in [0.05, 0.1) is 17.4 Å². The SMILES string of the molecule is CC(CC(=O)NCc1cccc(Cn2cnc3ccccc32)c1)C1CCCNC1.Cl.Cl. The number of carbonyl (C=O) groups is 1. The molecule has 1 aliphatic rings. The third-order valence-corrected chi connectivity index (χ3v) is 6.01. The Hall–Kier alpha value is -2.08. The van der Waals surface area contributed by atoms with Crippen LogP contribution >= 0.6 is 24.8 Å². The number of benzene rings is 2. The van der Waals surface area contributed by atoms with Crippen molar-refractivity contribution in [3.05, 3.63) is 66.0 Å². The molecule has 0 saturated carbocycles. The molecule has 2 atom stereocenters. The van der Waals surface area contributed by atoms with Crippen LogP contribution in [0.1, 0.15) is 37.3 Å². The van der Waals surface area contributed by atoms with Crippen LogP contribution in [0, 0.1) is 11.8 Å². The van der Waals surface area contributed by atoms with E-state index in [2.05, 4.69) is 57.4 Å². The number of carbonyl (C=O) groups excluding carboxylic acids is 1. The molecule has 2 N–H and O–H groups in total. The maximum Gasteiger partial charge on any atom is 0.220 e. The number of nitrogens with one attached hydrogen (secondary N) is 2. The Morgan fingerprint density at radius 1 is 1.19 bits per heavy atom. The van der Waals surface area contributed by atoms with Crippen LogP contribution in [0.5, 0.6) is 0 Å². The molecule has 0 bridgehead atoms. The van der Waals surface area contributed by atoms with E-state index in [9.17, 15) is 4.79 Å². The number of piperidine rings is 1. The van der Waals surface area contributed by atoms with Crippen LogP contribution < -0.4 is 10.6 Å². The molecule has 7 heteroatoms. The number of amides is 1. The minimum absolute atomic E-state index is 0. The van der Waals surface area contributed by atoms with Crippen LogP contribution in [0.2, 0.25) is 0 Å². The largest absolute Gasteiger partial charge is 0.352 e. The van der Waals surface area contributed by atoms with Gasteiger partial charge in [0.1, 0.15) is 0 Å². The molecule has 3 aromatic rings. The highest BCUT2D eigenvalue weighted by Crippen LogP contribution is 2.22. The molecule has 4 rings (SSSR count). The second-order valence-corrected chi connectivity index (χ2v) is 8.25. The number of hydrogen-bond acceptors (Lipinski definition) is 3. The molecule has 1 aromatic heterocycles. The van der Waals surface area contributed by atoms with Crippen molar-refractivity contribution < 1.29 is 4.79 Å². The predicted octanol–water partition coefficient (Wildman–Crippen LogP) is 4.57. The smallest absolute Gasteiger partial charge is 0.220 e. The van der Waals surface area contributed by atoms with Gasteiger partial charge in [-0.1, -0.05) is 43.3 Å². The lowest BCUT2D eigenvalue weighted by Crippen LogP contribution is -2.35. The van der Waals surface area contributed by atoms with Gasteiger partial charge in [-0.25, -0.2) is 4.98 Å². The normalized spacial score (nSPS) is 16.7. The summed E-state index contributed by atoms with van der Waals surface area (Å²) in [6, 6.07) is 16.6. The molecule has 0 aliphatic carbocycles. The Kier molecular flexibility index (Phi) is 9.82. The average molecular weight is 463 g/mol. The summed E-state index contributed by atoms with van der Waals surface area (Å²) in [4.78, 5) is 16.9. The first-order valence-corrected chi connectivity index (χ1v) is 10.6. The first kappa shape index (κ1) is 25.2. The molecular weight excluding hydrogens is 431 g/mol. The van der Waals surface area contributed by atoms with Crippen molar-refractivity contribution in [2.24, 2.45) is 11.8 Å². The number of fused-ring (bicyclic) bond motifs is 1. The van der Waals surface area contributed by atoms with Crippen molar-refractivity contribution >= 4 is 41.8 Å². The molecule has 31 heavy (non-hydrogen) atoms. The van der Waals surface area contributed by atoms with Gasteiger partial charge in [0, 0.05) is 19.5 Å². The summed E-state index contributed by atoms with van der Waals surface area (Å²) in [5, 5.41) is 6.55. The fourth-order valence-electron chi connectivity index (χ4n) is 4.27. The fraction of sp³-hybridized carbons (Fsp3) is 0.417. The minimum Gasteiger partial charge on any atom is -0.352 e. The molecule has 0 radical (unpaired) electrons. The van der Waals surface area contributed by atoms with Gasteiger partial charge in [-0.15, -0.1) is 24.8 Å². The number of imidazole rings is 1. The van der Waals surface area contributed by atoms with Gasteiger partial charge < -0.3 is 15.2 Å². The van der Waals surface area contributed by atoms with Crippen molar-refractivity contribution in [3.63, 3.8) is 0 Å². The van der Waals surface area contributed by atoms with E-state index in [1.54, 1.807) is 0 Å². The van der Waals surface area contributed by atoms with Gasteiger partial charge in [-0.3, -0.25) is 4.79 Å². The summed E-state index contributed by atoms with van der Waals surface area (Å²) < 4.78 is 2.16. The highest BCUT2D eigenvalue weighted by molar-refractivity contribution is 5.85. The lowest BCUT2D eigenvalue weighted by atomic mass is 9.85. The first-order valence-electron chi connectivity index (χ1n) is 10.6. The summed E-state index contributed by atoms with van der Waals surface area (Å²) in [5.41, 5.74) is 4.49. The van der Waals surface area contributed by atoms with Gasteiger partial charge in [-0.05, 0) is 61.0 Å². The Morgan fingerprint density at radius 3 is 2.81 bits per heavy atom. The molecule has 5 nitrogen and oxygen atoms in total. The van der Waals surface area contributed by atoms with Crippen molar-refractivity contribution in [2.45, 2.75) is 39.3 Å². The molecule has 1 amide bonds. The Morgan fingerprint density at radius 2 is 2.00 bits per heavy atom. The van der Waals surface area contributed by atoms with E-state index < -0.39 is 0 Å². The third kappa shape index (κ3) is 6.70. The third-order valence-electron chi connectivity index (χ3n) is 6.01. The molecule has 2 heterocycles. The number of halogens is 2. The van der Waals surface area contributed by atoms with Crippen molar-refractivity contribution in [1.82, 2.24) is 20.2 Å². The van der Waals surface area contributed by atoms with Crippen LogP contribution in [-0.4, -0.2) is 28.5 Å². The zero-order chi connectivity index (χ0) is 20.1. The molecule has 1 fully saturated rings. The van der Waals surface area contributed by atoms with E-state index in [0.717, 1.165) is 36.2 Å². The van der Waals surface area contributed by atoms with E-state index in [1.165, 1.54) is 18.4 Å². The molecule has 1 aliphatic heterocycles. The van der Waals surface area contributed by atoms with Crippen molar-refractivity contribution in [1.29, 1.82) is 0 Å². The quantitative estimate of drug-likeness (QED) is 0.540. The van der Waals surface area contributed by atoms with E-state index in [0.29, 0.717) is 24.8 Å². The lowest BCUT2D eigenvalue weighted by Gasteiger charge is -2.28. The van der Waals surface area contributed by atoms with Crippen molar-refractivity contribution in [3.8, 4) is 0 Å². The Bertz CT molecular complexity index is 969. The summed E-state index contributed by atoms with van der Waals surface area (Å²) in [6.45, 7) is 5.70. The number of nitrogens with zero attached hydrogens (tertiary/aromatic N) is 2. The maximum absolute atomic E-state index is 12.4. The first-order chi connectivity index (χ1) is 14.2. The Balaban J connectivity index is 0.00000171. The molecule has 0 spiro atoms. The van der Waals surface area contributed by atoms with Gasteiger partial charge >= 0.3 is 0 Å². The van der Waals surface area contributed by atoms with Gasteiger partial charge in [0.25, 0.3) is 0 Å². The molecule has 2 unspecified atom stereocenters. The van der Waals surface area contributed by atoms with E-state index >= 15 is 0 Å². The highest BCUT2D eigenvalue weighted by atomic mass is 35.5. The summed E-state index contributed by atoms with van der Waals surface area (Å²) >= 11 is 0. The standard InChI is InChI=1S/C24H30N4O.2ClH/c1-18(21-8-5-11-25-15-21)12-24(29)26-14-19-6-4-7-20(13-19)16-28-17-27-22-9-2-3-10-23(22)28;;/h2-4,6-7,9-10,13,17-18,21,25H,5,8,11-12,14-16H2,1H3,(H,26,29);2*1H. The van der Waals surface area contributed by atoms with Crippen LogP contribution in [0.25, 0.3) is 11.0 Å². The van der Waals surface area contributed by atoms with E-state index in [4.69, 9.17) is 0 Å². The highest BCUT2D eigenvalue weighted by Gasteiger charge is 2.21. The molecule has 2 aromatic carbocycles. The van der Waals surface area contributed by atoms with Crippen LogP contribution in [0.4, 0.5) is 0 Å². The van der Waals surface area contributed by atoms with E-state index in [1.807, 2.05) is 24.5 Å². The number of rotatable bonds is 7. The second kappa shape index (κ2) is 12.1. The second-order valence-electron chi connectivity index (χ2n) is 8.25. The topological polar surface area (TPSA) is 59.0 Å². The van der Waals surface area contributed by atoms with Gasteiger partial charge in [-0.2, -0.15) is 0 Å². The predicted molar refractivity (Wildman–Crippen MR) is 131 cm³/mol. The maximum atomic E-state index is 12.4. The number of para-hydroxylation sites is 2. The molecule has 168 valence electrons. The van der Waals surface area contributed by atoms with Gasteiger partial charge in [0.2, 0.25) is 5.91 Å². The van der Waals surface area contributed by atoms with Crippen LogP contribution in [0.3, 0.4) is 0 Å². The van der Waals surface area contributed by atoms with Crippen LogP contribution in [-0.2, 0) is 17.9 Å². The number of aromatic nitrogens is 2. The van der Waals surface area contributed by atoms with Crippen molar-refractivity contribution in [2.75, 3.05) is 13.1 Å². The lowest BCUT2D eigenvalue weighted by molar-refractivity contribution is -0.122. The molecule has 1 saturated heterocycles. The Labute approximate surface area is 196 Å². The van der Waals surface area contributed by atoms with E-state index in [-0.39, 0.29) is 30.7 Å². The van der Waals surface area contributed by atoms with Crippen LogP contribution in [0.15, 0.2) is 54.9 Å². The monoisotopic (exact) mass is 462 g/mol. The summed E-state index contributed by atoms with van der Waals surface area (Å²) in [6.07, 6.45) is 4.94. The minimum atomic E-state index is 0. The summed E-state index contributed by atoms with van der Waals surface area (Å²) in [7, 11) is 0. The number of hydrogen-bond donors (Lipinski definition) is 2. The zero-order valence-electron chi connectivity index (χ0n) is 17.9. The zero-order valence-corrected chi connectivity index (χ0v) is 19.6. The average Bonchev–Trinajstić information content (AvgIpc) is 3.16. The summed E-state index contributed by atoms with van der Waals surface area (Å²) in [5.74, 6) is 1.18. The fourth-order valence-corrected chi connectivity index (χ4v) is 4.27.